The molecule has 3 heteroatoms. The summed E-state index contributed by atoms with van der Waals surface area (Å²) in [5.41, 5.74) is 1.27. The molecule has 1 aromatic rings. The molecule has 3 nitrogen and oxygen atoms in total. The fourth-order valence-corrected chi connectivity index (χ4v) is 2.10. The van der Waals surface area contributed by atoms with Crippen LogP contribution in [0.3, 0.4) is 0 Å². The van der Waals surface area contributed by atoms with Gasteiger partial charge in [0.15, 0.2) is 0 Å². The molecule has 17 heavy (non-hydrogen) atoms. The predicted octanol–water partition coefficient (Wildman–Crippen LogP) is 2.10. The number of hydrogen-bond acceptors (Lipinski definition) is 3. The lowest BCUT2D eigenvalue weighted by atomic mass is 10.0. The van der Waals surface area contributed by atoms with E-state index in [9.17, 15) is 0 Å². The number of rotatable bonds is 5. The molecule has 0 bridgehead atoms. The van der Waals surface area contributed by atoms with Crippen LogP contribution in [0.25, 0.3) is 0 Å². The van der Waals surface area contributed by atoms with Crippen LogP contribution in [0.2, 0.25) is 0 Å². The van der Waals surface area contributed by atoms with Gasteiger partial charge >= 0.3 is 0 Å². The summed E-state index contributed by atoms with van der Waals surface area (Å²) >= 11 is 0. The molecule has 0 aromatic heterocycles. The van der Waals surface area contributed by atoms with E-state index in [-0.39, 0.29) is 0 Å². The van der Waals surface area contributed by atoms with E-state index in [0.29, 0.717) is 6.04 Å². The van der Waals surface area contributed by atoms with Crippen molar-refractivity contribution < 1.29 is 4.74 Å². The largest absolute Gasteiger partial charge is 0.493 e. The van der Waals surface area contributed by atoms with E-state index < -0.39 is 0 Å². The molecule has 1 aromatic carbocycles. The number of hydrogen-bond donors (Lipinski definition) is 2. The summed E-state index contributed by atoms with van der Waals surface area (Å²) in [6, 6.07) is 8.73. The van der Waals surface area contributed by atoms with E-state index in [4.69, 9.17) is 4.74 Å². The highest BCUT2D eigenvalue weighted by atomic mass is 16.5. The third-order valence-corrected chi connectivity index (χ3v) is 3.09. The van der Waals surface area contributed by atoms with Gasteiger partial charge in [-0.3, -0.25) is 0 Å². The first-order valence-corrected chi connectivity index (χ1v) is 6.57. The standard InChI is InChI=1S/C14H22N2O/c1-2-3-10-17-14-7-5-4-6-12(14)13-11-15-8-9-16-13/h4-7,13,15-16H,2-3,8-11H2,1H3. The molecule has 1 saturated heterocycles. The first-order chi connectivity index (χ1) is 8.42. The number of nitrogens with one attached hydrogen (secondary N) is 2. The van der Waals surface area contributed by atoms with Crippen LogP contribution < -0.4 is 15.4 Å². The molecule has 94 valence electrons. The molecular weight excluding hydrogens is 212 g/mol. The van der Waals surface area contributed by atoms with Gasteiger partial charge in [0.05, 0.1) is 6.61 Å². The Hall–Kier alpha value is -1.06. The molecule has 0 aliphatic carbocycles. The van der Waals surface area contributed by atoms with Crippen molar-refractivity contribution in [2.24, 2.45) is 0 Å². The summed E-state index contributed by atoms with van der Waals surface area (Å²) in [6.07, 6.45) is 2.29. The van der Waals surface area contributed by atoms with Crippen LogP contribution >= 0.6 is 0 Å². The van der Waals surface area contributed by atoms with Gasteiger partial charge < -0.3 is 15.4 Å². The molecule has 1 aliphatic heterocycles. The second-order valence-electron chi connectivity index (χ2n) is 4.45. The van der Waals surface area contributed by atoms with E-state index in [2.05, 4.69) is 35.8 Å². The Morgan fingerprint density at radius 3 is 2.94 bits per heavy atom. The van der Waals surface area contributed by atoms with Crippen LogP contribution in [0.4, 0.5) is 0 Å². The molecule has 1 heterocycles. The van der Waals surface area contributed by atoms with Crippen molar-refractivity contribution in [3.8, 4) is 5.75 Å². The molecular formula is C14H22N2O. The minimum absolute atomic E-state index is 0.376. The van der Waals surface area contributed by atoms with Gasteiger partial charge in [-0.05, 0) is 12.5 Å². The zero-order valence-corrected chi connectivity index (χ0v) is 10.5. The third kappa shape index (κ3) is 3.45. The Bertz CT molecular complexity index is 335. The van der Waals surface area contributed by atoms with Crippen molar-refractivity contribution in [1.82, 2.24) is 10.6 Å². The summed E-state index contributed by atoms with van der Waals surface area (Å²) in [4.78, 5) is 0. The fraction of sp³-hybridized carbons (Fsp3) is 0.571. The highest BCUT2D eigenvalue weighted by molar-refractivity contribution is 5.36. The zero-order chi connectivity index (χ0) is 11.9. The Labute approximate surface area is 104 Å². The monoisotopic (exact) mass is 234 g/mol. The van der Waals surface area contributed by atoms with Gasteiger partial charge in [0.1, 0.15) is 5.75 Å². The lowest BCUT2D eigenvalue weighted by molar-refractivity contribution is 0.299. The van der Waals surface area contributed by atoms with Crippen molar-refractivity contribution in [1.29, 1.82) is 0 Å². The first kappa shape index (κ1) is 12.4. The zero-order valence-electron chi connectivity index (χ0n) is 10.5. The second kappa shape index (κ2) is 6.62. The number of benzene rings is 1. The van der Waals surface area contributed by atoms with E-state index in [1.165, 1.54) is 12.0 Å². The minimum atomic E-state index is 0.376. The molecule has 1 aliphatic rings. The second-order valence-corrected chi connectivity index (χ2v) is 4.45. The summed E-state index contributed by atoms with van der Waals surface area (Å²) in [5, 5.41) is 6.93. The van der Waals surface area contributed by atoms with Crippen LogP contribution in [-0.4, -0.2) is 26.2 Å². The average molecular weight is 234 g/mol. The molecule has 0 spiro atoms. The number of piperazine rings is 1. The van der Waals surface area contributed by atoms with Crippen LogP contribution in [0, 0.1) is 0 Å². The van der Waals surface area contributed by atoms with Crippen LogP contribution in [0.5, 0.6) is 5.75 Å². The Morgan fingerprint density at radius 2 is 2.18 bits per heavy atom. The minimum Gasteiger partial charge on any atom is -0.493 e. The molecule has 2 rings (SSSR count). The molecule has 1 atom stereocenters. The van der Waals surface area contributed by atoms with Gasteiger partial charge in [-0.1, -0.05) is 31.5 Å². The van der Waals surface area contributed by atoms with Crippen molar-refractivity contribution in [2.75, 3.05) is 26.2 Å². The third-order valence-electron chi connectivity index (χ3n) is 3.09. The summed E-state index contributed by atoms with van der Waals surface area (Å²) in [7, 11) is 0. The van der Waals surface area contributed by atoms with Gasteiger partial charge in [-0.2, -0.15) is 0 Å². The van der Waals surface area contributed by atoms with Crippen molar-refractivity contribution >= 4 is 0 Å². The maximum Gasteiger partial charge on any atom is 0.124 e. The Morgan fingerprint density at radius 1 is 1.29 bits per heavy atom. The quantitative estimate of drug-likeness (QED) is 0.765. The lowest BCUT2D eigenvalue weighted by Crippen LogP contribution is -2.42. The maximum absolute atomic E-state index is 5.86. The molecule has 0 saturated carbocycles. The molecule has 1 fully saturated rings. The Kier molecular flexibility index (Phi) is 4.83. The van der Waals surface area contributed by atoms with Crippen LogP contribution in [-0.2, 0) is 0 Å². The van der Waals surface area contributed by atoms with E-state index in [0.717, 1.165) is 38.4 Å². The summed E-state index contributed by atoms with van der Waals surface area (Å²) < 4.78 is 5.86. The number of ether oxygens (including phenoxy) is 1. The highest BCUT2D eigenvalue weighted by Gasteiger charge is 2.17. The normalized spacial score (nSPS) is 20.2. The lowest BCUT2D eigenvalue weighted by Gasteiger charge is -2.26. The number of unbranched alkanes of at least 4 members (excludes halogenated alkanes) is 1. The maximum atomic E-state index is 5.86. The smallest absolute Gasteiger partial charge is 0.124 e. The Balaban J connectivity index is 2.03. The first-order valence-electron chi connectivity index (χ1n) is 6.57. The fourth-order valence-electron chi connectivity index (χ4n) is 2.10. The van der Waals surface area contributed by atoms with Crippen molar-refractivity contribution in [3.63, 3.8) is 0 Å². The van der Waals surface area contributed by atoms with Crippen LogP contribution in [0.15, 0.2) is 24.3 Å². The van der Waals surface area contributed by atoms with Gasteiger partial charge in [0.2, 0.25) is 0 Å². The topological polar surface area (TPSA) is 33.3 Å². The molecule has 1 unspecified atom stereocenters. The number of para-hydroxylation sites is 1. The molecule has 0 radical (unpaired) electrons. The van der Waals surface area contributed by atoms with Gasteiger partial charge in [-0.15, -0.1) is 0 Å². The molecule has 2 N–H and O–H groups in total. The van der Waals surface area contributed by atoms with Crippen molar-refractivity contribution in [3.05, 3.63) is 29.8 Å². The van der Waals surface area contributed by atoms with Gasteiger partial charge in [0.25, 0.3) is 0 Å². The SMILES string of the molecule is CCCCOc1ccccc1C1CNCCN1. The van der Waals surface area contributed by atoms with E-state index in [1.807, 2.05) is 6.07 Å². The van der Waals surface area contributed by atoms with Crippen molar-refractivity contribution in [2.45, 2.75) is 25.8 Å². The average Bonchev–Trinajstić information content (AvgIpc) is 2.41. The summed E-state index contributed by atoms with van der Waals surface area (Å²) in [6.45, 7) is 6.05. The highest BCUT2D eigenvalue weighted by Crippen LogP contribution is 2.25. The van der Waals surface area contributed by atoms with Gasteiger partial charge in [0, 0.05) is 31.2 Å². The molecule has 0 amide bonds. The van der Waals surface area contributed by atoms with E-state index in [1.54, 1.807) is 0 Å². The van der Waals surface area contributed by atoms with E-state index >= 15 is 0 Å². The van der Waals surface area contributed by atoms with Crippen LogP contribution in [0.1, 0.15) is 31.4 Å². The van der Waals surface area contributed by atoms with Gasteiger partial charge in [-0.25, -0.2) is 0 Å². The predicted molar refractivity (Wildman–Crippen MR) is 70.5 cm³/mol. The summed E-state index contributed by atoms with van der Waals surface area (Å²) in [5.74, 6) is 1.03.